The normalized spacial score (nSPS) is 20.5. The lowest BCUT2D eigenvalue weighted by Gasteiger charge is -2.05. The Kier molecular flexibility index (Phi) is 3.22. The van der Waals surface area contributed by atoms with Crippen LogP contribution >= 0.6 is 15.9 Å². The van der Waals surface area contributed by atoms with Crippen molar-refractivity contribution in [3.63, 3.8) is 0 Å². The number of benzene rings is 1. The second-order valence-electron chi connectivity index (χ2n) is 3.82. The van der Waals surface area contributed by atoms with Crippen LogP contribution in [0.4, 0.5) is 4.39 Å². The summed E-state index contributed by atoms with van der Waals surface area (Å²) in [6.45, 7) is 0. The van der Waals surface area contributed by atoms with Gasteiger partial charge in [0.25, 0.3) is 0 Å². The van der Waals surface area contributed by atoms with Crippen molar-refractivity contribution in [2.24, 2.45) is 0 Å². The molecular weight excluding hydrogens is 259 g/mol. The third kappa shape index (κ3) is 2.47. The Hall–Kier alpha value is -0.670. The monoisotopic (exact) mass is 270 g/mol. The smallest absolute Gasteiger partial charge is 0.137 e. The van der Waals surface area contributed by atoms with E-state index >= 15 is 0 Å². The summed E-state index contributed by atoms with van der Waals surface area (Å²) in [4.78, 5) is 0. The highest BCUT2D eigenvalue weighted by molar-refractivity contribution is 9.10. The van der Waals surface area contributed by atoms with Crippen molar-refractivity contribution in [3.8, 4) is 0 Å². The zero-order valence-electron chi connectivity index (χ0n) is 8.21. The van der Waals surface area contributed by atoms with E-state index in [9.17, 15) is 9.50 Å². The van der Waals surface area contributed by atoms with E-state index in [0.29, 0.717) is 4.47 Å². The van der Waals surface area contributed by atoms with Crippen molar-refractivity contribution in [1.82, 2.24) is 0 Å². The van der Waals surface area contributed by atoms with Gasteiger partial charge in [-0.2, -0.15) is 0 Å². The van der Waals surface area contributed by atoms with Crippen LogP contribution in [-0.4, -0.2) is 11.2 Å². The van der Waals surface area contributed by atoms with Crippen molar-refractivity contribution in [2.75, 3.05) is 0 Å². The largest absolute Gasteiger partial charge is 0.389 e. The van der Waals surface area contributed by atoms with Gasteiger partial charge in [-0.1, -0.05) is 23.8 Å². The fourth-order valence-corrected chi connectivity index (χ4v) is 2.25. The maximum absolute atomic E-state index is 13.2. The minimum absolute atomic E-state index is 0.230. The van der Waals surface area contributed by atoms with Gasteiger partial charge in [0.15, 0.2) is 0 Å². The van der Waals surface area contributed by atoms with E-state index in [1.54, 1.807) is 6.07 Å². The number of hydrogen-bond acceptors (Lipinski definition) is 1. The molecule has 0 spiro atoms. The topological polar surface area (TPSA) is 20.2 Å². The minimum Gasteiger partial charge on any atom is -0.389 e. The molecule has 1 nitrogen and oxygen atoms in total. The first-order valence-electron chi connectivity index (χ1n) is 4.97. The molecule has 1 aliphatic rings. The summed E-state index contributed by atoms with van der Waals surface area (Å²) in [6, 6.07) is 5.05. The number of rotatable bonds is 2. The zero-order valence-corrected chi connectivity index (χ0v) is 9.80. The van der Waals surface area contributed by atoms with Crippen molar-refractivity contribution in [2.45, 2.75) is 25.4 Å². The minimum atomic E-state index is -0.313. The Labute approximate surface area is 96.8 Å². The van der Waals surface area contributed by atoms with E-state index < -0.39 is 0 Å². The van der Waals surface area contributed by atoms with Crippen LogP contribution in [0.5, 0.6) is 0 Å². The molecule has 1 aliphatic carbocycles. The Bertz CT molecular complexity index is 401. The van der Waals surface area contributed by atoms with Crippen LogP contribution in [0.1, 0.15) is 18.4 Å². The average Bonchev–Trinajstić information content (AvgIpc) is 2.59. The lowest BCUT2D eigenvalue weighted by atomic mass is 10.0. The van der Waals surface area contributed by atoms with Crippen LogP contribution in [0.3, 0.4) is 0 Å². The molecule has 2 rings (SSSR count). The maximum Gasteiger partial charge on any atom is 0.137 e. The van der Waals surface area contributed by atoms with Crippen LogP contribution in [0.2, 0.25) is 0 Å². The number of hydrogen-bond donors (Lipinski definition) is 1. The molecule has 0 radical (unpaired) electrons. The van der Waals surface area contributed by atoms with Crippen molar-refractivity contribution in [3.05, 3.63) is 45.7 Å². The Morgan fingerprint density at radius 3 is 2.93 bits per heavy atom. The molecule has 0 bridgehead atoms. The fraction of sp³-hybridized carbons (Fsp3) is 0.333. The van der Waals surface area contributed by atoms with E-state index in [1.165, 1.54) is 11.6 Å². The molecule has 0 aromatic heterocycles. The Morgan fingerprint density at radius 2 is 2.27 bits per heavy atom. The van der Waals surface area contributed by atoms with Gasteiger partial charge in [-0.05, 0) is 46.8 Å². The lowest BCUT2D eigenvalue weighted by Crippen LogP contribution is -1.93. The van der Waals surface area contributed by atoms with Gasteiger partial charge < -0.3 is 5.11 Å². The summed E-state index contributed by atoms with van der Waals surface area (Å²) in [7, 11) is 0. The molecule has 1 N–H and O–H groups in total. The highest BCUT2D eigenvalue weighted by Gasteiger charge is 2.14. The number of halogens is 2. The second kappa shape index (κ2) is 4.45. The summed E-state index contributed by atoms with van der Waals surface area (Å²) in [5, 5.41) is 9.34. The standard InChI is InChI=1S/C12H12BrFO/c13-12-9(2-1-3-11(12)14)6-8-4-5-10(15)7-8/h1-3,7,10,15H,4-6H2. The molecule has 0 fully saturated rings. The zero-order chi connectivity index (χ0) is 10.8. The molecule has 1 atom stereocenters. The molecule has 1 aromatic rings. The molecule has 0 saturated heterocycles. The predicted molar refractivity (Wildman–Crippen MR) is 61.1 cm³/mol. The molecule has 1 unspecified atom stereocenters. The molecule has 0 heterocycles. The van der Waals surface area contributed by atoms with Gasteiger partial charge in [-0.25, -0.2) is 4.39 Å². The second-order valence-corrected chi connectivity index (χ2v) is 4.61. The van der Waals surface area contributed by atoms with Gasteiger partial charge in [0.1, 0.15) is 5.82 Å². The molecule has 15 heavy (non-hydrogen) atoms. The van der Waals surface area contributed by atoms with E-state index in [-0.39, 0.29) is 11.9 Å². The van der Waals surface area contributed by atoms with Crippen LogP contribution in [0.25, 0.3) is 0 Å². The summed E-state index contributed by atoms with van der Waals surface area (Å²) >= 11 is 3.24. The fourth-order valence-electron chi connectivity index (χ4n) is 1.85. The first-order valence-corrected chi connectivity index (χ1v) is 5.76. The first-order chi connectivity index (χ1) is 7.16. The highest BCUT2D eigenvalue weighted by atomic mass is 79.9. The summed E-state index contributed by atoms with van der Waals surface area (Å²) < 4.78 is 13.7. The quantitative estimate of drug-likeness (QED) is 0.819. The SMILES string of the molecule is OC1C=C(Cc2cccc(F)c2Br)CC1. The van der Waals surface area contributed by atoms with Gasteiger partial charge in [-0.3, -0.25) is 0 Å². The van der Waals surface area contributed by atoms with Gasteiger partial charge in [-0.15, -0.1) is 0 Å². The number of allylic oxidation sites excluding steroid dienone is 1. The van der Waals surface area contributed by atoms with Gasteiger partial charge >= 0.3 is 0 Å². The van der Waals surface area contributed by atoms with Crippen LogP contribution < -0.4 is 0 Å². The van der Waals surface area contributed by atoms with Gasteiger partial charge in [0.2, 0.25) is 0 Å². The van der Waals surface area contributed by atoms with E-state index in [1.807, 2.05) is 12.1 Å². The molecular formula is C12H12BrFO. The third-order valence-corrected chi connectivity index (χ3v) is 3.53. The van der Waals surface area contributed by atoms with Crippen LogP contribution in [0.15, 0.2) is 34.3 Å². The van der Waals surface area contributed by atoms with Crippen molar-refractivity contribution >= 4 is 15.9 Å². The van der Waals surface area contributed by atoms with Crippen LogP contribution in [0, 0.1) is 5.82 Å². The van der Waals surface area contributed by atoms with Gasteiger partial charge in [0.05, 0.1) is 10.6 Å². The average molecular weight is 271 g/mol. The summed E-state index contributed by atoms with van der Waals surface area (Å²) in [5.41, 5.74) is 2.13. The van der Waals surface area contributed by atoms with Crippen molar-refractivity contribution in [1.29, 1.82) is 0 Å². The molecule has 0 amide bonds. The highest BCUT2D eigenvalue weighted by Crippen LogP contribution is 2.27. The predicted octanol–water partition coefficient (Wildman–Crippen LogP) is 3.21. The number of aliphatic hydroxyl groups excluding tert-OH is 1. The van der Waals surface area contributed by atoms with E-state index in [4.69, 9.17) is 0 Å². The molecule has 0 aliphatic heterocycles. The van der Waals surface area contributed by atoms with Crippen LogP contribution in [-0.2, 0) is 6.42 Å². The Balaban J connectivity index is 2.18. The van der Waals surface area contributed by atoms with Crippen molar-refractivity contribution < 1.29 is 9.50 Å². The molecule has 0 saturated carbocycles. The lowest BCUT2D eigenvalue weighted by molar-refractivity contribution is 0.223. The van der Waals surface area contributed by atoms with E-state index in [2.05, 4.69) is 15.9 Å². The maximum atomic E-state index is 13.2. The number of aliphatic hydroxyl groups is 1. The third-order valence-electron chi connectivity index (χ3n) is 2.64. The Morgan fingerprint density at radius 1 is 1.47 bits per heavy atom. The van der Waals surface area contributed by atoms with Gasteiger partial charge in [0, 0.05) is 0 Å². The summed E-state index contributed by atoms with van der Waals surface area (Å²) in [5.74, 6) is -0.230. The first kappa shape index (κ1) is 10.8. The molecule has 80 valence electrons. The molecule has 1 aromatic carbocycles. The van der Waals surface area contributed by atoms with E-state index in [0.717, 1.165) is 24.8 Å². The summed E-state index contributed by atoms with van der Waals surface area (Å²) in [6.07, 6.45) is 3.98. The molecule has 3 heteroatoms.